The zero-order chi connectivity index (χ0) is 22.8. The number of halogens is 1. The second kappa shape index (κ2) is 9.27. The molecule has 4 aromatic rings. The number of piperazine rings is 1. The van der Waals surface area contributed by atoms with E-state index in [0.29, 0.717) is 24.4 Å². The molecule has 166 valence electrons. The van der Waals surface area contributed by atoms with Crippen LogP contribution in [0.5, 0.6) is 0 Å². The van der Waals surface area contributed by atoms with Crippen molar-refractivity contribution in [3.8, 4) is 0 Å². The first-order chi connectivity index (χ1) is 16.1. The fourth-order valence-electron chi connectivity index (χ4n) is 4.01. The molecule has 7 heteroatoms. The van der Waals surface area contributed by atoms with Gasteiger partial charge in [-0.3, -0.25) is 9.59 Å². The summed E-state index contributed by atoms with van der Waals surface area (Å²) in [5.74, 6) is 0.197. The van der Waals surface area contributed by atoms with Gasteiger partial charge < -0.3 is 19.5 Å². The van der Waals surface area contributed by atoms with Gasteiger partial charge in [0.2, 0.25) is 0 Å². The Kier molecular flexibility index (Phi) is 6.04. The number of hydrogen-bond donors (Lipinski definition) is 1. The van der Waals surface area contributed by atoms with Crippen molar-refractivity contribution in [1.29, 1.82) is 0 Å². The standard InChI is InChI=1S/C26H22IN3O3/c27-22-7-3-2-6-21(22)25(31)28-19-9-11-20(12-10-19)29-13-15-30(16-14-29)26(32)24-17-18-5-1-4-8-23(18)33-24/h1-12,17H,13-16H2,(H,28,31). The molecule has 3 aromatic carbocycles. The van der Waals surface area contributed by atoms with Gasteiger partial charge in [-0.2, -0.15) is 0 Å². The van der Waals surface area contributed by atoms with Crippen LogP contribution in [0.3, 0.4) is 0 Å². The molecular formula is C26H22IN3O3. The fraction of sp³-hybridized carbons (Fsp3) is 0.154. The minimum Gasteiger partial charge on any atom is -0.451 e. The molecule has 1 N–H and O–H groups in total. The molecule has 6 nitrogen and oxygen atoms in total. The summed E-state index contributed by atoms with van der Waals surface area (Å²) in [4.78, 5) is 29.5. The first-order valence-electron chi connectivity index (χ1n) is 10.8. The highest BCUT2D eigenvalue weighted by Gasteiger charge is 2.24. The fourth-order valence-corrected chi connectivity index (χ4v) is 4.64. The number of furan rings is 1. The third-order valence-corrected chi connectivity index (χ3v) is 6.75. The van der Waals surface area contributed by atoms with Crippen LogP contribution in [0.4, 0.5) is 11.4 Å². The van der Waals surface area contributed by atoms with E-state index in [4.69, 9.17) is 4.42 Å². The van der Waals surface area contributed by atoms with Crippen molar-refractivity contribution in [2.45, 2.75) is 0 Å². The second-order valence-corrected chi connectivity index (χ2v) is 9.07. The Morgan fingerprint density at radius 1 is 0.848 bits per heavy atom. The van der Waals surface area contributed by atoms with Crippen LogP contribution in [0.2, 0.25) is 0 Å². The quantitative estimate of drug-likeness (QED) is 0.352. The number of benzene rings is 3. The number of fused-ring (bicyclic) bond motifs is 1. The number of carbonyl (C=O) groups is 2. The maximum atomic E-state index is 12.9. The lowest BCUT2D eigenvalue weighted by molar-refractivity contribution is 0.0717. The summed E-state index contributed by atoms with van der Waals surface area (Å²) >= 11 is 2.16. The predicted molar refractivity (Wildman–Crippen MR) is 138 cm³/mol. The number of para-hydroxylation sites is 1. The van der Waals surface area contributed by atoms with Crippen molar-refractivity contribution >= 4 is 56.7 Å². The molecule has 0 saturated carbocycles. The van der Waals surface area contributed by atoms with E-state index in [1.165, 1.54) is 0 Å². The summed E-state index contributed by atoms with van der Waals surface area (Å²) in [6.07, 6.45) is 0. The lowest BCUT2D eigenvalue weighted by Gasteiger charge is -2.35. The van der Waals surface area contributed by atoms with E-state index in [1.54, 1.807) is 0 Å². The average Bonchev–Trinajstić information content (AvgIpc) is 3.29. The Labute approximate surface area is 205 Å². The molecule has 0 aliphatic carbocycles. The van der Waals surface area contributed by atoms with Crippen molar-refractivity contribution in [2.24, 2.45) is 0 Å². The van der Waals surface area contributed by atoms with Gasteiger partial charge in [0.1, 0.15) is 5.58 Å². The Morgan fingerprint density at radius 2 is 1.55 bits per heavy atom. The number of nitrogens with one attached hydrogen (secondary N) is 1. The highest BCUT2D eigenvalue weighted by molar-refractivity contribution is 14.1. The molecule has 0 radical (unpaired) electrons. The second-order valence-electron chi connectivity index (χ2n) is 7.91. The van der Waals surface area contributed by atoms with Crippen molar-refractivity contribution in [3.05, 3.63) is 93.8 Å². The lowest BCUT2D eigenvalue weighted by Crippen LogP contribution is -2.48. The van der Waals surface area contributed by atoms with Crippen molar-refractivity contribution in [3.63, 3.8) is 0 Å². The van der Waals surface area contributed by atoms with Gasteiger partial charge in [-0.05, 0) is 71.1 Å². The molecule has 0 unspecified atom stereocenters. The van der Waals surface area contributed by atoms with E-state index in [9.17, 15) is 9.59 Å². The summed E-state index contributed by atoms with van der Waals surface area (Å²) in [5, 5.41) is 3.89. The lowest BCUT2D eigenvalue weighted by atomic mass is 10.2. The van der Waals surface area contributed by atoms with Gasteiger partial charge >= 0.3 is 0 Å². The molecule has 1 aromatic heterocycles. The van der Waals surface area contributed by atoms with Crippen LogP contribution in [0, 0.1) is 3.57 Å². The van der Waals surface area contributed by atoms with E-state index in [2.05, 4.69) is 32.8 Å². The number of amides is 2. The zero-order valence-corrected chi connectivity index (χ0v) is 20.0. The van der Waals surface area contributed by atoms with Crippen LogP contribution >= 0.6 is 22.6 Å². The number of nitrogens with zero attached hydrogens (tertiary/aromatic N) is 2. The monoisotopic (exact) mass is 551 g/mol. The van der Waals surface area contributed by atoms with Crippen LogP contribution in [0.1, 0.15) is 20.9 Å². The first kappa shape index (κ1) is 21.5. The van der Waals surface area contributed by atoms with Crippen molar-refractivity contribution in [1.82, 2.24) is 4.90 Å². The normalized spacial score (nSPS) is 13.8. The molecule has 0 spiro atoms. The van der Waals surface area contributed by atoms with E-state index in [1.807, 2.05) is 83.8 Å². The summed E-state index contributed by atoms with van der Waals surface area (Å²) in [6.45, 7) is 2.72. The highest BCUT2D eigenvalue weighted by Crippen LogP contribution is 2.23. The predicted octanol–water partition coefficient (Wildman–Crippen LogP) is 5.25. The van der Waals surface area contributed by atoms with Gasteiger partial charge in [0, 0.05) is 46.5 Å². The summed E-state index contributed by atoms with van der Waals surface area (Å²) in [5.41, 5.74) is 3.21. The minimum absolute atomic E-state index is 0.0699. The number of hydrogen-bond acceptors (Lipinski definition) is 4. The Balaban J connectivity index is 1.19. The maximum absolute atomic E-state index is 12.9. The first-order valence-corrected chi connectivity index (χ1v) is 11.8. The summed E-state index contributed by atoms with van der Waals surface area (Å²) in [6, 6.07) is 24.8. The van der Waals surface area contributed by atoms with E-state index in [0.717, 1.165) is 39.0 Å². The zero-order valence-electron chi connectivity index (χ0n) is 17.8. The molecule has 0 atom stereocenters. The van der Waals surface area contributed by atoms with Crippen LogP contribution in [0.25, 0.3) is 11.0 Å². The van der Waals surface area contributed by atoms with Crippen molar-refractivity contribution < 1.29 is 14.0 Å². The Bertz CT molecular complexity index is 1270. The third-order valence-electron chi connectivity index (χ3n) is 5.81. The SMILES string of the molecule is O=C(Nc1ccc(N2CCN(C(=O)c3cc4ccccc4o3)CC2)cc1)c1ccccc1I. The van der Waals surface area contributed by atoms with Gasteiger partial charge in [0.05, 0.1) is 5.56 Å². The number of rotatable bonds is 4. The smallest absolute Gasteiger partial charge is 0.289 e. The van der Waals surface area contributed by atoms with Crippen LogP contribution in [0.15, 0.2) is 83.3 Å². The number of anilines is 2. The van der Waals surface area contributed by atoms with Gasteiger partial charge in [-0.15, -0.1) is 0 Å². The molecule has 2 heterocycles. The third kappa shape index (κ3) is 4.59. The van der Waals surface area contributed by atoms with Gasteiger partial charge in [-0.1, -0.05) is 30.3 Å². The summed E-state index contributed by atoms with van der Waals surface area (Å²) in [7, 11) is 0. The Hall–Kier alpha value is -3.33. The molecule has 0 bridgehead atoms. The molecule has 1 fully saturated rings. The molecule has 1 aliphatic heterocycles. The highest BCUT2D eigenvalue weighted by atomic mass is 127. The summed E-state index contributed by atoms with van der Waals surface area (Å²) < 4.78 is 6.65. The van der Waals surface area contributed by atoms with Gasteiger partial charge in [0.25, 0.3) is 11.8 Å². The van der Waals surface area contributed by atoms with E-state index >= 15 is 0 Å². The molecular weight excluding hydrogens is 529 g/mol. The molecule has 5 rings (SSSR count). The topological polar surface area (TPSA) is 65.8 Å². The number of carbonyl (C=O) groups excluding carboxylic acids is 2. The Morgan fingerprint density at radius 3 is 2.27 bits per heavy atom. The van der Waals surface area contributed by atoms with Crippen LogP contribution in [-0.2, 0) is 0 Å². The van der Waals surface area contributed by atoms with Gasteiger partial charge in [0.15, 0.2) is 5.76 Å². The van der Waals surface area contributed by atoms with Crippen molar-refractivity contribution in [2.75, 3.05) is 36.4 Å². The average molecular weight is 551 g/mol. The minimum atomic E-state index is -0.120. The van der Waals surface area contributed by atoms with E-state index in [-0.39, 0.29) is 11.8 Å². The van der Waals surface area contributed by atoms with Crippen LogP contribution in [-0.4, -0.2) is 42.9 Å². The van der Waals surface area contributed by atoms with Gasteiger partial charge in [-0.25, -0.2) is 0 Å². The molecule has 1 aliphatic rings. The molecule has 1 saturated heterocycles. The molecule has 2 amide bonds. The van der Waals surface area contributed by atoms with E-state index < -0.39 is 0 Å². The maximum Gasteiger partial charge on any atom is 0.289 e. The molecule has 33 heavy (non-hydrogen) atoms. The van der Waals surface area contributed by atoms with Crippen LogP contribution < -0.4 is 10.2 Å². The largest absolute Gasteiger partial charge is 0.451 e.